The predicted molar refractivity (Wildman–Crippen MR) is 50.3 cm³/mol. The van der Waals surface area contributed by atoms with Crippen molar-refractivity contribution in [1.29, 1.82) is 0 Å². The molecule has 2 N–H and O–H groups in total. The van der Waals surface area contributed by atoms with Gasteiger partial charge in [0.05, 0.1) is 0 Å². The fraction of sp³-hybridized carbons (Fsp3) is 0. The summed E-state index contributed by atoms with van der Waals surface area (Å²) in [5, 5.41) is 3.64. The number of rotatable bonds is 3. The molecule has 0 amide bonds. The monoisotopic (exact) mass is 258 g/mol. The Morgan fingerprint density at radius 1 is 1.50 bits per heavy atom. The Hall–Kier alpha value is -0.520. The molecule has 1 aromatic heterocycles. The van der Waals surface area contributed by atoms with Crippen molar-refractivity contribution >= 4 is 36.9 Å². The molecule has 0 saturated carbocycles. The van der Waals surface area contributed by atoms with Crippen molar-refractivity contribution in [1.82, 2.24) is 9.78 Å². The van der Waals surface area contributed by atoms with E-state index < -0.39 is 18.2 Å². The molecule has 0 fully saturated rings. The maximum Gasteiger partial charge on any atom is 0.526 e. The molecule has 0 saturated heterocycles. The van der Waals surface area contributed by atoms with E-state index in [4.69, 9.17) is 33.0 Å². The van der Waals surface area contributed by atoms with Gasteiger partial charge >= 0.3 is 7.82 Å². The maximum absolute atomic E-state index is 10.5. The first-order valence-electron chi connectivity index (χ1n) is 3.20. The van der Waals surface area contributed by atoms with Gasteiger partial charge in [0.2, 0.25) is 0 Å². The van der Waals surface area contributed by atoms with E-state index in [0.29, 0.717) is 0 Å². The Balaban J connectivity index is 3.01. The van der Waals surface area contributed by atoms with Crippen molar-refractivity contribution in [2.45, 2.75) is 0 Å². The largest absolute Gasteiger partial charge is 0.526 e. The number of halogens is 2. The second kappa shape index (κ2) is 4.33. The van der Waals surface area contributed by atoms with Gasteiger partial charge in [0.15, 0.2) is 4.49 Å². The Morgan fingerprint density at radius 2 is 2.14 bits per heavy atom. The third kappa shape index (κ3) is 3.32. The maximum atomic E-state index is 10.5. The third-order valence-corrected chi connectivity index (χ3v) is 1.81. The van der Waals surface area contributed by atoms with Crippen molar-refractivity contribution in [3.05, 3.63) is 23.0 Å². The fourth-order valence-electron chi connectivity index (χ4n) is 0.665. The summed E-state index contributed by atoms with van der Waals surface area (Å²) in [4.78, 5) is 17.1. The predicted octanol–water partition coefficient (Wildman–Crippen LogP) is 1.55. The molecule has 1 rings (SSSR count). The first-order chi connectivity index (χ1) is 6.40. The van der Waals surface area contributed by atoms with Crippen LogP contribution in [0.1, 0.15) is 0 Å². The van der Waals surface area contributed by atoms with Gasteiger partial charge in [-0.1, -0.05) is 23.2 Å². The number of phosphoric ester groups is 1. The lowest BCUT2D eigenvalue weighted by Gasteiger charge is -2.10. The minimum Gasteiger partial charge on any atom is -0.383 e. The summed E-state index contributed by atoms with van der Waals surface area (Å²) in [7, 11) is -4.70. The first kappa shape index (κ1) is 11.6. The van der Waals surface area contributed by atoms with E-state index in [0.717, 1.165) is 4.68 Å². The topological polar surface area (TPSA) is 84.6 Å². The summed E-state index contributed by atoms with van der Waals surface area (Å²) < 4.78 is 15.3. The second-order valence-corrected chi connectivity index (χ2v) is 4.21. The van der Waals surface area contributed by atoms with Gasteiger partial charge in [0.1, 0.15) is 0 Å². The zero-order valence-electron chi connectivity index (χ0n) is 6.54. The van der Waals surface area contributed by atoms with Gasteiger partial charge in [-0.25, -0.2) is 9.25 Å². The zero-order valence-corrected chi connectivity index (χ0v) is 8.95. The molecule has 0 aliphatic rings. The van der Waals surface area contributed by atoms with Crippen LogP contribution in [0.15, 0.2) is 23.0 Å². The summed E-state index contributed by atoms with van der Waals surface area (Å²) >= 11 is 10.7. The first-order valence-corrected chi connectivity index (χ1v) is 5.49. The van der Waals surface area contributed by atoms with Crippen LogP contribution in [-0.4, -0.2) is 19.6 Å². The summed E-state index contributed by atoms with van der Waals surface area (Å²) in [6.45, 7) is 0. The van der Waals surface area contributed by atoms with Crippen LogP contribution in [0, 0.1) is 0 Å². The Morgan fingerprint density at radius 3 is 2.50 bits per heavy atom. The normalized spacial score (nSPS) is 11.1. The number of aromatic nitrogens is 2. The molecule has 1 heterocycles. The minimum atomic E-state index is -4.70. The minimum absolute atomic E-state index is 0.424. The molecule has 9 heteroatoms. The quantitative estimate of drug-likeness (QED) is 0.635. The fourth-order valence-corrected chi connectivity index (χ4v) is 1.42. The van der Waals surface area contributed by atoms with Gasteiger partial charge in [-0.2, -0.15) is 5.10 Å². The lowest BCUT2D eigenvalue weighted by molar-refractivity contribution is 0.260. The summed E-state index contributed by atoms with van der Waals surface area (Å²) in [6, 6.07) is 1.51. The lowest BCUT2D eigenvalue weighted by atomic mass is 10.7. The molecule has 0 atom stereocenters. The van der Waals surface area contributed by atoms with E-state index in [1.807, 2.05) is 0 Å². The van der Waals surface area contributed by atoms with Gasteiger partial charge in [0.25, 0.3) is 5.88 Å². The highest BCUT2D eigenvalue weighted by molar-refractivity contribution is 7.46. The SMILES string of the molecule is O=P(O)(O)OC(=C(Cl)Cl)n1cccn1. The molecule has 14 heavy (non-hydrogen) atoms. The van der Waals surface area contributed by atoms with Gasteiger partial charge in [-0.3, -0.25) is 9.79 Å². The van der Waals surface area contributed by atoms with Crippen LogP contribution in [0.25, 0.3) is 5.88 Å². The summed E-state index contributed by atoms with van der Waals surface area (Å²) in [6.07, 6.45) is 2.75. The molecule has 78 valence electrons. The Kier molecular flexibility index (Phi) is 3.58. The van der Waals surface area contributed by atoms with E-state index in [2.05, 4.69) is 9.62 Å². The van der Waals surface area contributed by atoms with Crippen LogP contribution in [-0.2, 0) is 9.09 Å². The van der Waals surface area contributed by atoms with Crippen LogP contribution < -0.4 is 0 Å². The van der Waals surface area contributed by atoms with Crippen molar-refractivity contribution in [3.8, 4) is 0 Å². The highest BCUT2D eigenvalue weighted by Crippen LogP contribution is 2.41. The molecule has 0 spiro atoms. The Bertz CT molecular complexity index is 380. The van der Waals surface area contributed by atoms with Crippen LogP contribution in [0.4, 0.5) is 0 Å². The molecular weight excluding hydrogens is 254 g/mol. The molecule has 6 nitrogen and oxygen atoms in total. The van der Waals surface area contributed by atoms with Gasteiger partial charge in [-0.15, -0.1) is 0 Å². The van der Waals surface area contributed by atoms with E-state index >= 15 is 0 Å². The van der Waals surface area contributed by atoms with E-state index in [-0.39, 0.29) is 0 Å². The van der Waals surface area contributed by atoms with Gasteiger partial charge < -0.3 is 4.52 Å². The van der Waals surface area contributed by atoms with Gasteiger partial charge in [-0.05, 0) is 6.07 Å². The van der Waals surface area contributed by atoms with Gasteiger partial charge in [0, 0.05) is 12.4 Å². The number of nitrogens with zero attached hydrogens (tertiary/aromatic N) is 2. The molecule has 0 aromatic carbocycles. The third-order valence-electron chi connectivity index (χ3n) is 1.08. The number of hydrogen-bond acceptors (Lipinski definition) is 3. The van der Waals surface area contributed by atoms with Crippen molar-refractivity contribution in [2.24, 2.45) is 0 Å². The Labute approximate surface area is 88.9 Å². The van der Waals surface area contributed by atoms with E-state index in [9.17, 15) is 4.57 Å². The molecule has 0 aliphatic heterocycles. The van der Waals surface area contributed by atoms with Crippen LogP contribution in [0.2, 0.25) is 0 Å². The van der Waals surface area contributed by atoms with Crippen LogP contribution in [0.5, 0.6) is 0 Å². The van der Waals surface area contributed by atoms with Crippen LogP contribution in [0.3, 0.4) is 0 Å². The molecule has 1 aromatic rings. The zero-order chi connectivity index (χ0) is 10.8. The average Bonchev–Trinajstić information content (AvgIpc) is 2.49. The summed E-state index contributed by atoms with van der Waals surface area (Å²) in [5.41, 5.74) is 0. The van der Waals surface area contributed by atoms with E-state index in [1.165, 1.54) is 18.5 Å². The van der Waals surface area contributed by atoms with Crippen molar-refractivity contribution in [2.75, 3.05) is 0 Å². The number of phosphoric acid groups is 1. The standard InChI is InChI=1S/C5H5Cl2N2O4P/c6-4(7)5(13-14(10,11)12)9-3-1-2-8-9/h1-3H,(H2,10,11,12). The molecule has 0 bridgehead atoms. The average molecular weight is 259 g/mol. The smallest absolute Gasteiger partial charge is 0.383 e. The second-order valence-electron chi connectivity index (χ2n) is 2.10. The molecule has 0 aliphatic carbocycles. The van der Waals surface area contributed by atoms with Crippen molar-refractivity contribution in [3.63, 3.8) is 0 Å². The van der Waals surface area contributed by atoms with E-state index in [1.54, 1.807) is 0 Å². The lowest BCUT2D eigenvalue weighted by Crippen LogP contribution is -2.01. The summed E-state index contributed by atoms with van der Waals surface area (Å²) in [5.74, 6) is -0.424. The molecular formula is C5H5Cl2N2O4P. The highest BCUT2D eigenvalue weighted by Gasteiger charge is 2.21. The van der Waals surface area contributed by atoms with Crippen molar-refractivity contribution < 1.29 is 18.9 Å². The molecule has 0 radical (unpaired) electrons. The molecule has 0 unspecified atom stereocenters. The number of hydrogen-bond donors (Lipinski definition) is 2. The highest BCUT2D eigenvalue weighted by atomic mass is 35.5. The van der Waals surface area contributed by atoms with Crippen LogP contribution >= 0.6 is 31.0 Å².